The van der Waals surface area contributed by atoms with Gasteiger partial charge in [0.1, 0.15) is 0 Å². The zero-order valence-electron chi connectivity index (χ0n) is 16.0. The van der Waals surface area contributed by atoms with Crippen LogP contribution in [-0.4, -0.2) is 39.2 Å². The summed E-state index contributed by atoms with van der Waals surface area (Å²) in [6.07, 6.45) is 5.17. The second-order valence-corrected chi connectivity index (χ2v) is 10.3. The highest BCUT2D eigenvalue weighted by molar-refractivity contribution is 7.92. The molecule has 0 radical (unpaired) electrons. The van der Waals surface area contributed by atoms with E-state index in [0.717, 1.165) is 5.92 Å². The fourth-order valence-electron chi connectivity index (χ4n) is 4.59. The van der Waals surface area contributed by atoms with Crippen LogP contribution in [0.15, 0.2) is 24.3 Å². The van der Waals surface area contributed by atoms with Gasteiger partial charge in [0.15, 0.2) is 0 Å². The highest BCUT2D eigenvalue weighted by atomic mass is 32.2. The number of hydrogen-bond donors (Lipinski definition) is 1. The van der Waals surface area contributed by atoms with Gasteiger partial charge in [0.2, 0.25) is 10.0 Å². The van der Waals surface area contributed by atoms with Gasteiger partial charge < -0.3 is 4.90 Å². The number of fused-ring (bicyclic) bond motifs is 1. The Morgan fingerprint density at radius 2 is 1.92 bits per heavy atom. The quantitative estimate of drug-likeness (QED) is 0.716. The van der Waals surface area contributed by atoms with Crippen molar-refractivity contribution in [3.63, 3.8) is 0 Å². The van der Waals surface area contributed by atoms with Crippen LogP contribution in [0.4, 0.5) is 5.69 Å². The van der Waals surface area contributed by atoms with Crippen LogP contribution in [0, 0.1) is 17.8 Å². The van der Waals surface area contributed by atoms with Crippen molar-refractivity contribution >= 4 is 15.7 Å². The van der Waals surface area contributed by atoms with Crippen LogP contribution in [0.1, 0.15) is 45.6 Å². The van der Waals surface area contributed by atoms with Gasteiger partial charge in [-0.1, -0.05) is 45.7 Å². The highest BCUT2D eigenvalue weighted by Gasteiger charge is 2.65. The number of nitrogens with one attached hydrogen (secondary N) is 1. The molecule has 1 saturated heterocycles. The number of piperidine rings is 1. The van der Waals surface area contributed by atoms with E-state index < -0.39 is 10.0 Å². The maximum Gasteiger partial charge on any atom is 0.229 e. The van der Waals surface area contributed by atoms with Crippen LogP contribution in [0.3, 0.4) is 0 Å². The molecule has 25 heavy (non-hydrogen) atoms. The summed E-state index contributed by atoms with van der Waals surface area (Å²) in [5.41, 5.74) is 2.16. The summed E-state index contributed by atoms with van der Waals surface area (Å²) in [5.74, 6) is 2.24. The molecule has 2 atom stereocenters. The zero-order chi connectivity index (χ0) is 18.2. The molecular formula is C20H32N2O2S. The zero-order valence-corrected chi connectivity index (χ0v) is 16.8. The van der Waals surface area contributed by atoms with Gasteiger partial charge in [0, 0.05) is 24.2 Å². The first-order valence-electron chi connectivity index (χ1n) is 9.51. The molecule has 1 aromatic rings. The van der Waals surface area contributed by atoms with E-state index in [0.29, 0.717) is 17.5 Å². The molecule has 0 amide bonds. The van der Waals surface area contributed by atoms with E-state index >= 15 is 0 Å². The van der Waals surface area contributed by atoms with Crippen LogP contribution < -0.4 is 4.72 Å². The van der Waals surface area contributed by atoms with Crippen molar-refractivity contribution in [2.45, 2.75) is 45.4 Å². The van der Waals surface area contributed by atoms with Crippen molar-refractivity contribution in [2.24, 2.45) is 17.8 Å². The fourth-order valence-corrected chi connectivity index (χ4v) is 5.15. The Hall–Kier alpha value is -1.07. The Kier molecular flexibility index (Phi) is 5.18. The predicted octanol–water partition coefficient (Wildman–Crippen LogP) is 3.70. The average Bonchev–Trinajstić information content (AvgIpc) is 2.88. The molecule has 2 fully saturated rings. The second-order valence-electron chi connectivity index (χ2n) is 8.60. The lowest BCUT2D eigenvalue weighted by molar-refractivity contribution is 0.269. The van der Waals surface area contributed by atoms with E-state index in [4.69, 9.17) is 0 Å². The lowest BCUT2D eigenvalue weighted by Gasteiger charge is -2.25. The minimum Gasteiger partial charge on any atom is -0.303 e. The molecule has 2 aliphatic rings. The van der Waals surface area contributed by atoms with Gasteiger partial charge in [-0.05, 0) is 48.4 Å². The maximum atomic E-state index is 11.5. The average molecular weight is 365 g/mol. The van der Waals surface area contributed by atoms with Gasteiger partial charge in [0.05, 0.1) is 6.26 Å². The molecule has 140 valence electrons. The summed E-state index contributed by atoms with van der Waals surface area (Å²) in [6, 6.07) is 7.96. The number of anilines is 1. The topological polar surface area (TPSA) is 49.4 Å². The van der Waals surface area contributed by atoms with E-state index in [1.54, 1.807) is 0 Å². The third-order valence-corrected chi connectivity index (χ3v) is 6.73. The molecule has 5 heteroatoms. The van der Waals surface area contributed by atoms with Gasteiger partial charge in [-0.3, -0.25) is 4.72 Å². The fraction of sp³-hybridized carbons (Fsp3) is 0.700. The molecule has 1 N–H and O–H groups in total. The van der Waals surface area contributed by atoms with Crippen molar-refractivity contribution in [3.05, 3.63) is 29.8 Å². The van der Waals surface area contributed by atoms with Crippen LogP contribution in [-0.2, 0) is 15.4 Å². The Labute approximate surface area is 153 Å². The van der Waals surface area contributed by atoms with Crippen LogP contribution in [0.25, 0.3) is 0 Å². The van der Waals surface area contributed by atoms with E-state index in [1.807, 2.05) is 18.2 Å². The standard InChI is InChI=1S/C20H32N2O2S/c1-15(2)8-5-6-11-22-13-18-19(14-22)20(18,3)16-9-7-10-17(12-16)21-25(4,23)24/h7,9-10,12,15,18-19,21H,5-6,8,11,13-14H2,1-4H3. The van der Waals surface area contributed by atoms with Crippen molar-refractivity contribution in [1.29, 1.82) is 0 Å². The highest BCUT2D eigenvalue weighted by Crippen LogP contribution is 2.63. The molecule has 0 aromatic heterocycles. The lowest BCUT2D eigenvalue weighted by Crippen LogP contribution is -2.30. The van der Waals surface area contributed by atoms with E-state index in [9.17, 15) is 8.42 Å². The minimum absolute atomic E-state index is 0.212. The molecular weight excluding hydrogens is 332 g/mol. The number of sulfonamides is 1. The SMILES string of the molecule is CC(C)CCCCN1CC2C(C1)C2(C)c1cccc(NS(C)(=O)=O)c1. The number of benzene rings is 1. The number of hydrogen-bond acceptors (Lipinski definition) is 3. The summed E-state index contributed by atoms with van der Waals surface area (Å²) in [5, 5.41) is 0. The van der Waals surface area contributed by atoms with Crippen molar-refractivity contribution in [3.8, 4) is 0 Å². The lowest BCUT2D eigenvalue weighted by atomic mass is 9.92. The second kappa shape index (κ2) is 6.92. The van der Waals surface area contributed by atoms with Crippen molar-refractivity contribution in [1.82, 2.24) is 4.90 Å². The summed E-state index contributed by atoms with van der Waals surface area (Å²) < 4.78 is 25.5. The summed E-state index contributed by atoms with van der Waals surface area (Å²) in [7, 11) is -3.22. The third-order valence-electron chi connectivity index (χ3n) is 6.12. The van der Waals surface area contributed by atoms with Crippen LogP contribution >= 0.6 is 0 Å². The number of unbranched alkanes of at least 4 members (excludes halogenated alkanes) is 1. The van der Waals surface area contributed by atoms with Gasteiger partial charge in [-0.15, -0.1) is 0 Å². The maximum absolute atomic E-state index is 11.5. The monoisotopic (exact) mass is 364 g/mol. The molecule has 2 unspecified atom stereocenters. The third kappa shape index (κ3) is 4.20. The molecule has 3 rings (SSSR count). The van der Waals surface area contributed by atoms with E-state index in [-0.39, 0.29) is 5.41 Å². The number of nitrogens with zero attached hydrogens (tertiary/aromatic N) is 1. The molecule has 1 aliphatic heterocycles. The first-order valence-corrected chi connectivity index (χ1v) is 11.4. The van der Waals surface area contributed by atoms with E-state index in [1.165, 1.54) is 50.7 Å². The summed E-state index contributed by atoms with van der Waals surface area (Å²) in [6.45, 7) is 10.5. The normalized spacial score (nSPS) is 29.0. The molecule has 4 nitrogen and oxygen atoms in total. The minimum atomic E-state index is -3.22. The smallest absolute Gasteiger partial charge is 0.229 e. The Morgan fingerprint density at radius 3 is 2.52 bits per heavy atom. The molecule has 1 saturated carbocycles. The first kappa shape index (κ1) is 18.7. The summed E-state index contributed by atoms with van der Waals surface area (Å²) in [4.78, 5) is 2.62. The van der Waals surface area contributed by atoms with Gasteiger partial charge in [0.25, 0.3) is 0 Å². The van der Waals surface area contributed by atoms with Crippen molar-refractivity contribution in [2.75, 3.05) is 30.6 Å². The summed E-state index contributed by atoms with van der Waals surface area (Å²) >= 11 is 0. The Morgan fingerprint density at radius 1 is 1.24 bits per heavy atom. The van der Waals surface area contributed by atoms with Gasteiger partial charge in [-0.25, -0.2) is 8.42 Å². The molecule has 0 spiro atoms. The molecule has 0 bridgehead atoms. The molecule has 1 aliphatic carbocycles. The van der Waals surface area contributed by atoms with E-state index in [2.05, 4.69) is 36.5 Å². The Bertz CT molecular complexity index is 702. The van der Waals surface area contributed by atoms with Gasteiger partial charge in [-0.2, -0.15) is 0 Å². The largest absolute Gasteiger partial charge is 0.303 e. The number of likely N-dealkylation sites (tertiary alicyclic amines) is 1. The first-order chi connectivity index (χ1) is 11.7. The number of rotatable bonds is 8. The molecule has 1 heterocycles. The predicted molar refractivity (Wildman–Crippen MR) is 104 cm³/mol. The van der Waals surface area contributed by atoms with Gasteiger partial charge >= 0.3 is 0 Å². The van der Waals surface area contributed by atoms with Crippen molar-refractivity contribution < 1.29 is 8.42 Å². The molecule has 1 aromatic carbocycles. The van der Waals surface area contributed by atoms with Crippen LogP contribution in [0.2, 0.25) is 0 Å². The Balaban J connectivity index is 1.56. The van der Waals surface area contributed by atoms with Crippen LogP contribution in [0.5, 0.6) is 0 Å².